The molecule has 0 spiro atoms. The molecule has 4 aromatic rings. The van der Waals surface area contributed by atoms with Gasteiger partial charge in [-0.3, -0.25) is 28.8 Å². The van der Waals surface area contributed by atoms with Gasteiger partial charge in [0, 0.05) is 69.2 Å². The zero-order chi connectivity index (χ0) is 44.8. The fourth-order valence-corrected chi connectivity index (χ4v) is 8.23. The number of unbranched alkanes of at least 4 members (excludes halogenated alkanes) is 4. The van der Waals surface area contributed by atoms with E-state index in [1.807, 2.05) is 48.5 Å². The molecular formula is C50H52MgN2O10. The van der Waals surface area contributed by atoms with E-state index in [1.165, 1.54) is 11.0 Å². The number of amides is 2. The van der Waals surface area contributed by atoms with Crippen molar-refractivity contribution in [3.05, 3.63) is 163 Å². The van der Waals surface area contributed by atoms with Crippen molar-refractivity contribution in [1.29, 1.82) is 0 Å². The first kappa shape index (κ1) is 49.9. The van der Waals surface area contributed by atoms with Gasteiger partial charge in [0.05, 0.1) is 14.2 Å². The Bertz CT molecular complexity index is 2190. The number of Topliss-reactive ketones (excluding diaryl/α,β-unsaturated/α-hetero) is 4. The van der Waals surface area contributed by atoms with E-state index < -0.39 is 11.8 Å². The molecule has 6 rings (SSSR count). The molecule has 63 heavy (non-hydrogen) atoms. The van der Waals surface area contributed by atoms with Crippen molar-refractivity contribution in [3.63, 3.8) is 0 Å². The van der Waals surface area contributed by atoms with Crippen LogP contribution in [0.3, 0.4) is 0 Å². The monoisotopic (exact) mass is 864 g/mol. The molecule has 0 bridgehead atoms. The predicted molar refractivity (Wildman–Crippen MR) is 242 cm³/mol. The Morgan fingerprint density at radius 3 is 1.11 bits per heavy atom. The van der Waals surface area contributed by atoms with Crippen LogP contribution in [0.15, 0.2) is 119 Å². The van der Waals surface area contributed by atoms with Crippen molar-refractivity contribution in [1.82, 2.24) is 11.0 Å². The summed E-state index contributed by atoms with van der Waals surface area (Å²) in [5.74, 6) is -0.551. The number of nitrogens with one attached hydrogen (secondary N) is 2. The fraction of sp³-hybridized carbons (Fsp3) is 0.320. The quantitative estimate of drug-likeness (QED) is 0.0554. The molecule has 0 saturated heterocycles. The average Bonchev–Trinajstić information content (AvgIpc) is 3.31. The van der Waals surface area contributed by atoms with Gasteiger partial charge < -0.3 is 30.8 Å². The molecule has 2 unspecified atom stereocenters. The Morgan fingerprint density at radius 2 is 0.810 bits per heavy atom. The molecule has 324 valence electrons. The number of hydrogen-bond acceptors (Lipinski definition) is 10. The molecule has 2 aliphatic rings. The van der Waals surface area contributed by atoms with Gasteiger partial charge >= 0.3 is 23.1 Å². The molecule has 12 nitrogen and oxygen atoms in total. The predicted octanol–water partition coefficient (Wildman–Crippen LogP) is 9.10. The van der Waals surface area contributed by atoms with Crippen LogP contribution in [0.4, 0.5) is 0 Å². The van der Waals surface area contributed by atoms with E-state index in [-0.39, 0.29) is 70.9 Å². The van der Waals surface area contributed by atoms with Crippen molar-refractivity contribution < 1.29 is 38.2 Å². The van der Waals surface area contributed by atoms with E-state index in [0.29, 0.717) is 81.7 Å². The zero-order valence-corrected chi connectivity index (χ0v) is 37.7. The number of allylic oxidation sites excluding steroid dienone is 4. The maximum absolute atomic E-state index is 13.4. The SMILES string of the molecule is COc1ccc(C(CCCCCC(=O)N[O-])C2=C(C)C(=O)c3ccccc3C2=O)cc1.COc1ccc(C(CCCCCC(=O)N[O-])C2=C(C)C(=O)c3ccccc3C2=O)cc1.[Mg+2]. The summed E-state index contributed by atoms with van der Waals surface area (Å²) >= 11 is 0. The number of benzene rings is 4. The smallest absolute Gasteiger partial charge is 0.759 e. The van der Waals surface area contributed by atoms with Crippen LogP contribution in [0.1, 0.15) is 142 Å². The Balaban J connectivity index is 0.000000272. The molecule has 0 aromatic heterocycles. The topological polar surface area (TPSA) is 191 Å². The van der Waals surface area contributed by atoms with Crippen LogP contribution in [0.5, 0.6) is 11.5 Å². The summed E-state index contributed by atoms with van der Waals surface area (Å²) in [4.78, 5) is 75.1. The number of methoxy groups -OCH3 is 2. The van der Waals surface area contributed by atoms with E-state index in [9.17, 15) is 39.2 Å². The van der Waals surface area contributed by atoms with E-state index in [1.54, 1.807) is 76.6 Å². The summed E-state index contributed by atoms with van der Waals surface area (Å²) in [5, 5.41) is 20.7. The van der Waals surface area contributed by atoms with Crippen LogP contribution in [-0.2, 0) is 9.59 Å². The van der Waals surface area contributed by atoms with Gasteiger partial charge in [0.15, 0.2) is 23.1 Å². The summed E-state index contributed by atoms with van der Waals surface area (Å²) in [5.41, 5.74) is 8.47. The molecule has 13 heteroatoms. The number of ketones is 4. The Morgan fingerprint density at radius 1 is 0.492 bits per heavy atom. The molecule has 4 aromatic carbocycles. The van der Waals surface area contributed by atoms with Gasteiger partial charge in [-0.25, -0.2) is 0 Å². The number of carbonyl (C=O) groups is 6. The molecule has 2 aliphatic carbocycles. The molecule has 2 N–H and O–H groups in total. The Labute approximate surface area is 384 Å². The summed E-state index contributed by atoms with van der Waals surface area (Å²) in [6.07, 6.45) is 5.85. The normalized spacial score (nSPS) is 14.1. The van der Waals surface area contributed by atoms with Gasteiger partial charge in [-0.15, -0.1) is 0 Å². The molecular weight excluding hydrogens is 813 g/mol. The first-order chi connectivity index (χ1) is 29.9. The van der Waals surface area contributed by atoms with Crippen LogP contribution >= 0.6 is 0 Å². The van der Waals surface area contributed by atoms with E-state index in [0.717, 1.165) is 36.8 Å². The van der Waals surface area contributed by atoms with Crippen LogP contribution in [0.25, 0.3) is 0 Å². The summed E-state index contributed by atoms with van der Waals surface area (Å²) < 4.78 is 10.5. The molecule has 0 radical (unpaired) electrons. The molecule has 0 aliphatic heterocycles. The second-order valence-corrected chi connectivity index (χ2v) is 15.4. The summed E-state index contributed by atoms with van der Waals surface area (Å²) in [6.45, 7) is 3.45. The first-order valence-electron chi connectivity index (χ1n) is 20.8. The third-order valence-corrected chi connectivity index (χ3v) is 11.6. The first-order valence-corrected chi connectivity index (χ1v) is 20.8. The fourth-order valence-electron chi connectivity index (χ4n) is 8.23. The number of carbonyl (C=O) groups excluding carboxylic acids is 6. The molecule has 0 heterocycles. The third-order valence-electron chi connectivity index (χ3n) is 11.6. The van der Waals surface area contributed by atoms with Crippen molar-refractivity contribution in [2.24, 2.45) is 0 Å². The van der Waals surface area contributed by atoms with Gasteiger partial charge in [0.1, 0.15) is 11.5 Å². The van der Waals surface area contributed by atoms with E-state index >= 15 is 0 Å². The maximum atomic E-state index is 13.4. The second-order valence-electron chi connectivity index (χ2n) is 15.4. The maximum Gasteiger partial charge on any atom is 2.00 e. The third kappa shape index (κ3) is 12.3. The minimum absolute atomic E-state index is 0. The van der Waals surface area contributed by atoms with Gasteiger partial charge in [0.25, 0.3) is 0 Å². The molecule has 0 saturated carbocycles. The molecule has 2 amide bonds. The Hall–Kier alpha value is -5.73. The van der Waals surface area contributed by atoms with Gasteiger partial charge in [-0.2, -0.15) is 0 Å². The largest absolute Gasteiger partial charge is 2.00 e. The van der Waals surface area contributed by atoms with E-state index in [4.69, 9.17) is 9.47 Å². The summed E-state index contributed by atoms with van der Waals surface area (Å²) in [6, 6.07) is 28.9. The van der Waals surface area contributed by atoms with Crippen molar-refractivity contribution in [2.45, 2.75) is 89.9 Å². The number of hydroxylamine groups is 2. The van der Waals surface area contributed by atoms with Gasteiger partial charge in [-0.05, 0) is 74.9 Å². The standard InChI is InChI=1S/2C25H26NO5.Mg/c2*1-16-23(25(29)21-10-7-6-9-20(21)24(16)28)19(8-4-3-5-11-22(27)26-30)17-12-14-18(31-2)15-13-17;/h2*6-7,9-10,12-15,19H,3-5,8,11H2,1-2H3,(H-,26,27,28,29,30);/q2*-1;+2. The van der Waals surface area contributed by atoms with Crippen LogP contribution < -0.4 is 20.4 Å². The van der Waals surface area contributed by atoms with Crippen molar-refractivity contribution in [2.75, 3.05) is 14.2 Å². The zero-order valence-electron chi connectivity index (χ0n) is 36.3. The molecule has 0 fully saturated rings. The minimum atomic E-state index is -0.519. The van der Waals surface area contributed by atoms with Crippen molar-refractivity contribution in [3.8, 4) is 11.5 Å². The number of ether oxygens (including phenoxy) is 2. The number of fused-ring (bicyclic) bond motifs is 2. The van der Waals surface area contributed by atoms with Crippen LogP contribution in [0, 0.1) is 10.4 Å². The minimum Gasteiger partial charge on any atom is -0.759 e. The summed E-state index contributed by atoms with van der Waals surface area (Å²) in [7, 11) is 3.19. The molecule has 2 atom stereocenters. The van der Waals surface area contributed by atoms with Gasteiger partial charge in [-0.1, -0.05) is 98.5 Å². The number of hydrogen-bond donors (Lipinski definition) is 2. The van der Waals surface area contributed by atoms with Gasteiger partial charge in [0.2, 0.25) is 11.8 Å². The average molecular weight is 865 g/mol. The van der Waals surface area contributed by atoms with Crippen molar-refractivity contribution >= 4 is 58.0 Å². The number of rotatable bonds is 18. The second kappa shape index (κ2) is 24.2. The Kier molecular flexibility index (Phi) is 19.2. The van der Waals surface area contributed by atoms with E-state index in [2.05, 4.69) is 0 Å². The van der Waals surface area contributed by atoms with Crippen LogP contribution in [0.2, 0.25) is 0 Å². The van der Waals surface area contributed by atoms with Crippen LogP contribution in [-0.4, -0.2) is 72.2 Å².